The summed E-state index contributed by atoms with van der Waals surface area (Å²) in [6, 6.07) is 8.62. The molecule has 0 aliphatic rings. The van der Waals surface area contributed by atoms with Gasteiger partial charge in [-0.15, -0.1) is 0 Å². The fourth-order valence-electron chi connectivity index (χ4n) is 2.97. The summed E-state index contributed by atoms with van der Waals surface area (Å²) in [6.07, 6.45) is 4.94. The van der Waals surface area contributed by atoms with Crippen molar-refractivity contribution >= 4 is 20.9 Å². The van der Waals surface area contributed by atoms with Crippen LogP contribution in [0.3, 0.4) is 0 Å². The zero-order valence-electron chi connectivity index (χ0n) is 13.9. The van der Waals surface area contributed by atoms with Gasteiger partial charge in [0, 0.05) is 19.2 Å². The van der Waals surface area contributed by atoms with Crippen LogP contribution in [0, 0.1) is 6.92 Å². The summed E-state index contributed by atoms with van der Waals surface area (Å²) in [6.45, 7) is 4.70. The summed E-state index contributed by atoms with van der Waals surface area (Å²) >= 11 is 0. The highest BCUT2D eigenvalue weighted by Gasteiger charge is 2.16. The van der Waals surface area contributed by atoms with E-state index in [2.05, 4.69) is 21.5 Å². The number of aromatic nitrogens is 3. The molecular formula is C18H21N3O2S. The van der Waals surface area contributed by atoms with Gasteiger partial charge in [-0.05, 0) is 31.0 Å². The van der Waals surface area contributed by atoms with E-state index in [1.54, 1.807) is 30.5 Å². The first-order chi connectivity index (χ1) is 11.5. The molecule has 126 valence electrons. The van der Waals surface area contributed by atoms with Crippen molar-refractivity contribution in [3.8, 4) is 0 Å². The summed E-state index contributed by atoms with van der Waals surface area (Å²) in [5.74, 6) is 1.10. The van der Waals surface area contributed by atoms with Crippen molar-refractivity contribution in [2.24, 2.45) is 0 Å². The minimum Gasteiger partial charge on any atom is -0.328 e. The number of sulfone groups is 1. The number of hydrogen-bond acceptors (Lipinski definition) is 4. The Kier molecular flexibility index (Phi) is 4.66. The van der Waals surface area contributed by atoms with Gasteiger partial charge in [-0.25, -0.2) is 13.4 Å². The van der Waals surface area contributed by atoms with E-state index in [9.17, 15) is 8.42 Å². The smallest absolute Gasteiger partial charge is 0.178 e. The second-order valence-electron chi connectivity index (χ2n) is 5.84. The molecule has 2 heterocycles. The summed E-state index contributed by atoms with van der Waals surface area (Å²) < 4.78 is 27.0. The van der Waals surface area contributed by atoms with Crippen LogP contribution in [0.4, 0.5) is 0 Å². The van der Waals surface area contributed by atoms with E-state index >= 15 is 0 Å². The molecule has 2 aromatic heterocycles. The molecular weight excluding hydrogens is 322 g/mol. The number of nitrogens with zero attached hydrogens (tertiary/aromatic N) is 3. The van der Waals surface area contributed by atoms with Crippen molar-refractivity contribution < 1.29 is 8.42 Å². The molecule has 0 bridgehead atoms. The van der Waals surface area contributed by atoms with Crippen LogP contribution in [0.15, 0.2) is 47.6 Å². The molecule has 0 atom stereocenters. The van der Waals surface area contributed by atoms with Gasteiger partial charge in [-0.2, -0.15) is 0 Å². The van der Waals surface area contributed by atoms with Crippen LogP contribution >= 0.6 is 0 Å². The maximum atomic E-state index is 12.4. The van der Waals surface area contributed by atoms with Gasteiger partial charge in [-0.3, -0.25) is 4.98 Å². The van der Waals surface area contributed by atoms with Gasteiger partial charge in [0.15, 0.2) is 9.84 Å². The van der Waals surface area contributed by atoms with E-state index in [1.165, 1.54) is 0 Å². The molecule has 0 radical (unpaired) electrons. The summed E-state index contributed by atoms with van der Waals surface area (Å²) in [5, 5.41) is 0. The number of fused-ring (bicyclic) bond motifs is 1. The summed E-state index contributed by atoms with van der Waals surface area (Å²) in [4.78, 5) is 9.19. The van der Waals surface area contributed by atoms with Crippen LogP contribution in [-0.2, 0) is 22.8 Å². The van der Waals surface area contributed by atoms with Crippen LogP contribution in [0.25, 0.3) is 11.0 Å². The number of benzene rings is 1. The molecule has 5 nitrogen and oxygen atoms in total. The largest absolute Gasteiger partial charge is 0.328 e. The van der Waals surface area contributed by atoms with E-state index in [4.69, 9.17) is 0 Å². The maximum Gasteiger partial charge on any atom is 0.178 e. The highest BCUT2D eigenvalue weighted by Crippen LogP contribution is 2.20. The van der Waals surface area contributed by atoms with Gasteiger partial charge in [0.2, 0.25) is 0 Å². The Bertz CT molecular complexity index is 947. The average Bonchev–Trinajstić information content (AvgIpc) is 2.95. The lowest BCUT2D eigenvalue weighted by atomic mass is 10.2. The maximum absolute atomic E-state index is 12.4. The molecule has 0 spiro atoms. The second kappa shape index (κ2) is 6.73. The molecule has 0 amide bonds. The molecule has 0 unspecified atom stereocenters. The lowest BCUT2D eigenvalue weighted by Gasteiger charge is -2.10. The van der Waals surface area contributed by atoms with Gasteiger partial charge in [-0.1, -0.05) is 25.1 Å². The fraction of sp³-hybridized carbons (Fsp3) is 0.333. The summed E-state index contributed by atoms with van der Waals surface area (Å²) in [7, 11) is -3.24. The summed E-state index contributed by atoms with van der Waals surface area (Å²) in [5.41, 5.74) is 2.99. The Labute approximate surface area is 142 Å². The predicted molar refractivity (Wildman–Crippen MR) is 94.8 cm³/mol. The van der Waals surface area contributed by atoms with E-state index < -0.39 is 9.84 Å². The molecule has 0 aliphatic carbocycles. The molecule has 24 heavy (non-hydrogen) atoms. The SMILES string of the molecule is CCc1nc2cncc(C)c2n1CCCS(=O)(=O)c1ccccc1. The number of rotatable bonds is 6. The van der Waals surface area contributed by atoms with Crippen molar-refractivity contribution in [2.45, 2.75) is 38.1 Å². The Morgan fingerprint density at radius 3 is 2.58 bits per heavy atom. The Hall–Kier alpha value is -2.21. The first-order valence-electron chi connectivity index (χ1n) is 8.10. The normalized spacial score (nSPS) is 11.9. The second-order valence-corrected chi connectivity index (χ2v) is 7.95. The van der Waals surface area contributed by atoms with Crippen molar-refractivity contribution in [3.63, 3.8) is 0 Å². The van der Waals surface area contributed by atoms with Crippen LogP contribution in [0.2, 0.25) is 0 Å². The average molecular weight is 343 g/mol. The first kappa shape index (κ1) is 16.6. The molecule has 3 aromatic rings. The van der Waals surface area contributed by atoms with Crippen LogP contribution in [0.5, 0.6) is 0 Å². The van der Waals surface area contributed by atoms with Crippen molar-refractivity contribution in [1.29, 1.82) is 0 Å². The zero-order valence-corrected chi connectivity index (χ0v) is 14.8. The lowest BCUT2D eigenvalue weighted by molar-refractivity contribution is 0.585. The highest BCUT2D eigenvalue weighted by atomic mass is 32.2. The van der Waals surface area contributed by atoms with E-state index in [-0.39, 0.29) is 5.75 Å². The van der Waals surface area contributed by atoms with Gasteiger partial charge in [0.25, 0.3) is 0 Å². The number of hydrogen-bond donors (Lipinski definition) is 0. The third kappa shape index (κ3) is 3.19. The molecule has 0 N–H and O–H groups in total. The topological polar surface area (TPSA) is 64.8 Å². The molecule has 0 fully saturated rings. The molecule has 1 aromatic carbocycles. The van der Waals surface area contributed by atoms with Crippen molar-refractivity contribution in [2.75, 3.05) is 5.75 Å². The van der Waals surface area contributed by atoms with Gasteiger partial charge >= 0.3 is 0 Å². The van der Waals surface area contributed by atoms with Crippen molar-refractivity contribution in [1.82, 2.24) is 14.5 Å². The predicted octanol–water partition coefficient (Wildman–Crippen LogP) is 3.17. The highest BCUT2D eigenvalue weighted by molar-refractivity contribution is 7.91. The van der Waals surface area contributed by atoms with Crippen LogP contribution in [0.1, 0.15) is 24.7 Å². The Balaban J connectivity index is 1.81. The third-order valence-electron chi connectivity index (χ3n) is 4.13. The molecule has 0 aliphatic heterocycles. The van der Waals surface area contributed by atoms with E-state index in [1.807, 2.05) is 19.2 Å². The van der Waals surface area contributed by atoms with Crippen LogP contribution < -0.4 is 0 Å². The van der Waals surface area contributed by atoms with Crippen molar-refractivity contribution in [3.05, 3.63) is 54.1 Å². The van der Waals surface area contributed by atoms with Gasteiger partial charge in [0.05, 0.1) is 22.4 Å². The fourth-order valence-corrected chi connectivity index (χ4v) is 4.29. The lowest BCUT2D eigenvalue weighted by Crippen LogP contribution is -2.11. The minimum absolute atomic E-state index is 0.129. The molecule has 6 heteroatoms. The number of aryl methyl sites for hydroxylation is 3. The molecule has 0 saturated heterocycles. The van der Waals surface area contributed by atoms with Crippen LogP contribution in [-0.4, -0.2) is 28.7 Å². The third-order valence-corrected chi connectivity index (χ3v) is 5.94. The quantitative estimate of drug-likeness (QED) is 0.689. The first-order valence-corrected chi connectivity index (χ1v) is 9.75. The van der Waals surface area contributed by atoms with Gasteiger partial charge in [0.1, 0.15) is 11.3 Å². The minimum atomic E-state index is -3.24. The number of pyridine rings is 1. The standard InChI is InChI=1S/C18H21N3O2S/c1-3-17-20-16-13-19-12-14(2)18(16)21(17)10-7-11-24(22,23)15-8-5-4-6-9-15/h4-6,8-9,12-13H,3,7,10-11H2,1-2H3. The van der Waals surface area contributed by atoms with Gasteiger partial charge < -0.3 is 4.57 Å². The molecule has 3 rings (SSSR count). The zero-order chi connectivity index (χ0) is 17.2. The van der Waals surface area contributed by atoms with E-state index in [0.29, 0.717) is 17.9 Å². The van der Waals surface area contributed by atoms with E-state index in [0.717, 1.165) is 28.8 Å². The molecule has 0 saturated carbocycles. The Morgan fingerprint density at radius 1 is 1.12 bits per heavy atom. The Morgan fingerprint density at radius 2 is 1.88 bits per heavy atom. The monoisotopic (exact) mass is 343 g/mol. The number of imidazole rings is 1.